The van der Waals surface area contributed by atoms with Gasteiger partial charge in [0.05, 0.1) is 23.8 Å². The molecule has 4 aliphatic heterocycles. The number of halogens is 5. The molecule has 0 spiro atoms. The van der Waals surface area contributed by atoms with Crippen molar-refractivity contribution in [3.05, 3.63) is 28.5 Å². The highest BCUT2D eigenvalue weighted by atomic mass is 35.5. The van der Waals surface area contributed by atoms with Gasteiger partial charge in [-0.25, -0.2) is 9.37 Å². The molecule has 0 aliphatic carbocycles. The molecule has 2 bridgehead atoms. The second-order valence-corrected chi connectivity index (χ2v) is 12.6. The van der Waals surface area contributed by atoms with Crippen LogP contribution in [0.2, 0.25) is 5.02 Å². The smallest absolute Gasteiger partial charge is 0.418 e. The number of pyridine rings is 1. The minimum absolute atomic E-state index is 0.0122. The molecule has 3 aromatic rings. The Morgan fingerprint density at radius 1 is 1.14 bits per heavy atom. The van der Waals surface area contributed by atoms with Gasteiger partial charge in [-0.3, -0.25) is 0 Å². The fraction of sp³-hybridized carbons (Fsp3) is 0.552. The zero-order valence-corrected chi connectivity index (χ0v) is 24.2. The number of piperazine rings is 1. The van der Waals surface area contributed by atoms with Gasteiger partial charge in [-0.1, -0.05) is 18.5 Å². The SMILES string of the molecule is CC1(COc2nc3c4c(nc(-c5cc(N)cc(Cl)c5C(F)(F)F)c(F)c4n2)OCC[C@@H]2[C@@H]4CC[C@H](CN32)N4)CCOCC1. The maximum absolute atomic E-state index is 16.6. The number of hydrogen-bond donors (Lipinski definition) is 2. The summed E-state index contributed by atoms with van der Waals surface area (Å²) < 4.78 is 77.0. The summed E-state index contributed by atoms with van der Waals surface area (Å²) >= 11 is 6.01. The Morgan fingerprint density at radius 3 is 2.70 bits per heavy atom. The maximum atomic E-state index is 16.6. The number of ether oxygens (including phenoxy) is 3. The zero-order chi connectivity index (χ0) is 30.1. The first-order valence-corrected chi connectivity index (χ1v) is 14.8. The first-order valence-electron chi connectivity index (χ1n) is 14.4. The van der Waals surface area contributed by atoms with Crippen molar-refractivity contribution in [3.63, 3.8) is 0 Å². The predicted octanol–water partition coefficient (Wildman–Crippen LogP) is 5.37. The summed E-state index contributed by atoms with van der Waals surface area (Å²) in [5, 5.41) is 3.18. The number of nitrogen functional groups attached to an aromatic ring is 1. The summed E-state index contributed by atoms with van der Waals surface area (Å²) in [6.45, 7) is 4.39. The van der Waals surface area contributed by atoms with Crippen molar-refractivity contribution >= 4 is 34.0 Å². The van der Waals surface area contributed by atoms with Crippen LogP contribution in [0, 0.1) is 11.2 Å². The lowest BCUT2D eigenvalue weighted by molar-refractivity contribution is -0.137. The monoisotopic (exact) mass is 622 g/mol. The van der Waals surface area contributed by atoms with Gasteiger partial charge in [-0.05, 0) is 37.8 Å². The van der Waals surface area contributed by atoms with Crippen molar-refractivity contribution in [1.29, 1.82) is 0 Å². The molecule has 43 heavy (non-hydrogen) atoms. The molecule has 2 aromatic heterocycles. The van der Waals surface area contributed by atoms with Crippen LogP contribution in [0.4, 0.5) is 29.1 Å². The lowest BCUT2D eigenvalue weighted by atomic mass is 9.83. The van der Waals surface area contributed by atoms with Crippen LogP contribution in [0.1, 0.15) is 44.6 Å². The second-order valence-electron chi connectivity index (χ2n) is 12.2. The van der Waals surface area contributed by atoms with Crippen LogP contribution in [0.3, 0.4) is 0 Å². The Bertz CT molecular complexity index is 1580. The van der Waals surface area contributed by atoms with E-state index in [4.69, 9.17) is 36.5 Å². The van der Waals surface area contributed by atoms with E-state index in [0.29, 0.717) is 32.0 Å². The molecule has 14 heteroatoms. The topological polar surface area (TPSA) is 108 Å². The summed E-state index contributed by atoms with van der Waals surface area (Å²) in [5.74, 6) is -0.731. The van der Waals surface area contributed by atoms with E-state index in [1.807, 2.05) is 0 Å². The van der Waals surface area contributed by atoms with E-state index in [2.05, 4.69) is 27.1 Å². The Morgan fingerprint density at radius 2 is 1.93 bits per heavy atom. The number of nitrogens with zero attached hydrogens (tertiary/aromatic N) is 4. The summed E-state index contributed by atoms with van der Waals surface area (Å²) in [4.78, 5) is 15.7. The summed E-state index contributed by atoms with van der Waals surface area (Å²) in [7, 11) is 0. The van der Waals surface area contributed by atoms with Crippen molar-refractivity contribution in [2.24, 2.45) is 5.41 Å². The fourth-order valence-electron chi connectivity index (χ4n) is 6.77. The van der Waals surface area contributed by atoms with Gasteiger partial charge in [-0.2, -0.15) is 23.1 Å². The number of rotatable bonds is 4. The molecule has 3 atom stereocenters. The molecule has 0 unspecified atom stereocenters. The average molecular weight is 623 g/mol. The van der Waals surface area contributed by atoms with Gasteiger partial charge >= 0.3 is 12.2 Å². The predicted molar refractivity (Wildman–Crippen MR) is 152 cm³/mol. The molecule has 6 heterocycles. The Balaban J connectivity index is 1.43. The number of hydrogen-bond acceptors (Lipinski definition) is 9. The number of nitrogens with one attached hydrogen (secondary N) is 1. The molecule has 0 amide bonds. The standard InChI is InChI=1S/C29H31ClF4N6O3/c1-28(5-8-41-9-6-28)13-43-27-38-24-20-25(39-27)40-12-15-2-3-18(36-15)19(40)4-7-42-26(20)37-23(22(24)31)16-10-14(35)11-17(30)21(16)29(32,33)34/h10-11,15,18-19,36H,2-9,12-13,35H2,1H3/t15-,18+,19-/m1/s1. The lowest BCUT2D eigenvalue weighted by Crippen LogP contribution is -2.59. The molecule has 0 radical (unpaired) electrons. The van der Waals surface area contributed by atoms with E-state index in [0.717, 1.165) is 37.8 Å². The molecule has 1 aromatic carbocycles. The van der Waals surface area contributed by atoms with Crippen LogP contribution in [-0.2, 0) is 10.9 Å². The molecule has 4 aliphatic rings. The fourth-order valence-corrected chi connectivity index (χ4v) is 7.11. The zero-order valence-electron chi connectivity index (χ0n) is 23.4. The van der Waals surface area contributed by atoms with Gasteiger partial charge in [0, 0.05) is 61.0 Å². The van der Waals surface area contributed by atoms with Crippen LogP contribution in [-0.4, -0.2) is 66.0 Å². The molecule has 3 saturated heterocycles. The number of anilines is 2. The molecular weight excluding hydrogens is 592 g/mol. The van der Waals surface area contributed by atoms with E-state index in [1.54, 1.807) is 0 Å². The normalized spacial score (nSPS) is 24.7. The van der Waals surface area contributed by atoms with Gasteiger partial charge < -0.3 is 30.2 Å². The Labute approximate surface area is 250 Å². The van der Waals surface area contributed by atoms with Crippen molar-refractivity contribution in [3.8, 4) is 23.1 Å². The highest BCUT2D eigenvalue weighted by molar-refractivity contribution is 6.32. The Hall–Kier alpha value is -3.16. The van der Waals surface area contributed by atoms with Crippen LogP contribution >= 0.6 is 11.6 Å². The van der Waals surface area contributed by atoms with Crippen molar-refractivity contribution in [2.45, 2.75) is 63.3 Å². The third kappa shape index (κ3) is 5.08. The minimum Gasteiger partial charge on any atom is -0.477 e. The molecule has 0 saturated carbocycles. The van der Waals surface area contributed by atoms with Gasteiger partial charge in [0.15, 0.2) is 5.82 Å². The van der Waals surface area contributed by atoms with Crippen molar-refractivity contribution in [1.82, 2.24) is 20.3 Å². The number of alkyl halides is 3. The molecule has 230 valence electrons. The average Bonchev–Trinajstić information content (AvgIpc) is 3.34. The summed E-state index contributed by atoms with van der Waals surface area (Å²) in [6.07, 6.45) is -0.784. The van der Waals surface area contributed by atoms with E-state index < -0.39 is 33.8 Å². The summed E-state index contributed by atoms with van der Waals surface area (Å²) in [6, 6.07) is 2.35. The van der Waals surface area contributed by atoms with Gasteiger partial charge in [0.2, 0.25) is 5.88 Å². The highest BCUT2D eigenvalue weighted by Crippen LogP contribution is 2.47. The molecular formula is C29H31ClF4N6O3. The molecule has 3 N–H and O–H groups in total. The third-order valence-corrected chi connectivity index (χ3v) is 9.39. The van der Waals surface area contributed by atoms with Gasteiger partial charge in [0.1, 0.15) is 22.4 Å². The van der Waals surface area contributed by atoms with Crippen LogP contribution in [0.5, 0.6) is 11.9 Å². The lowest BCUT2D eigenvalue weighted by Gasteiger charge is -2.43. The maximum Gasteiger partial charge on any atom is 0.418 e. The van der Waals surface area contributed by atoms with Crippen molar-refractivity contribution < 1.29 is 31.8 Å². The number of nitrogens with two attached hydrogens (primary N) is 1. The Kier molecular flexibility index (Phi) is 6.97. The van der Waals surface area contributed by atoms with E-state index in [1.165, 1.54) is 0 Å². The largest absolute Gasteiger partial charge is 0.477 e. The van der Waals surface area contributed by atoms with Crippen LogP contribution < -0.4 is 25.4 Å². The number of aromatic nitrogens is 3. The quantitative estimate of drug-likeness (QED) is 0.293. The van der Waals surface area contributed by atoms with Crippen LogP contribution in [0.25, 0.3) is 22.2 Å². The number of benzene rings is 1. The molecule has 3 fully saturated rings. The highest BCUT2D eigenvalue weighted by Gasteiger charge is 2.44. The minimum atomic E-state index is -4.91. The van der Waals surface area contributed by atoms with E-state index in [9.17, 15) is 13.2 Å². The number of fused-ring (bicyclic) bond motifs is 5. The summed E-state index contributed by atoms with van der Waals surface area (Å²) in [5.41, 5.74) is 2.89. The van der Waals surface area contributed by atoms with E-state index >= 15 is 4.39 Å². The van der Waals surface area contributed by atoms with Crippen molar-refractivity contribution in [2.75, 3.05) is 43.6 Å². The van der Waals surface area contributed by atoms with E-state index in [-0.39, 0.29) is 65.2 Å². The van der Waals surface area contributed by atoms with Gasteiger partial charge in [0.25, 0.3) is 0 Å². The third-order valence-electron chi connectivity index (χ3n) is 9.10. The molecule has 9 nitrogen and oxygen atoms in total. The molecule has 7 rings (SSSR count). The first-order chi connectivity index (χ1) is 20.5. The van der Waals surface area contributed by atoms with Gasteiger partial charge in [-0.15, -0.1) is 0 Å². The second kappa shape index (κ2) is 10.5. The van der Waals surface area contributed by atoms with Crippen LogP contribution in [0.15, 0.2) is 12.1 Å². The first kappa shape index (κ1) is 28.6.